The molecule has 26 heavy (non-hydrogen) atoms. The summed E-state index contributed by atoms with van der Waals surface area (Å²) in [7, 11) is -2.35. The summed E-state index contributed by atoms with van der Waals surface area (Å²) in [5.41, 5.74) is 0.750. The third kappa shape index (κ3) is 5.27. The third-order valence-electron chi connectivity index (χ3n) is 5.70. The van der Waals surface area contributed by atoms with Crippen molar-refractivity contribution in [2.45, 2.75) is 70.7 Å². The van der Waals surface area contributed by atoms with Crippen molar-refractivity contribution in [2.24, 2.45) is 5.92 Å². The van der Waals surface area contributed by atoms with E-state index in [4.69, 9.17) is 4.74 Å². The predicted molar refractivity (Wildman–Crippen MR) is 106 cm³/mol. The zero-order valence-corrected chi connectivity index (χ0v) is 17.5. The summed E-state index contributed by atoms with van der Waals surface area (Å²) in [6, 6.07) is 4.55. The molecule has 1 N–H and O–H groups in total. The minimum Gasteiger partial charge on any atom is -0.485 e. The Kier molecular flexibility index (Phi) is 6.45. The van der Waals surface area contributed by atoms with Gasteiger partial charge in [0.25, 0.3) is 0 Å². The van der Waals surface area contributed by atoms with Crippen LogP contribution in [0.3, 0.4) is 0 Å². The SMILES string of the molecule is CC(=O)CCC[C@@H](CC(C)(C)[Si](C)(C)O)[C@H]1C=Cc2cc(F)ccc2O1. The minimum absolute atomic E-state index is 0.129. The Bertz CT molecular complexity index is 676. The van der Waals surface area contributed by atoms with Crippen LogP contribution in [0.1, 0.15) is 52.0 Å². The maximum absolute atomic E-state index is 13.4. The first-order chi connectivity index (χ1) is 12.0. The van der Waals surface area contributed by atoms with Gasteiger partial charge < -0.3 is 14.3 Å². The van der Waals surface area contributed by atoms with Crippen LogP contribution in [-0.2, 0) is 4.79 Å². The molecule has 0 amide bonds. The highest BCUT2D eigenvalue weighted by Gasteiger charge is 2.41. The van der Waals surface area contributed by atoms with Crippen LogP contribution >= 0.6 is 0 Å². The fourth-order valence-electron chi connectivity index (χ4n) is 3.30. The second-order valence-corrected chi connectivity index (χ2v) is 13.1. The molecule has 0 radical (unpaired) electrons. The van der Waals surface area contributed by atoms with Gasteiger partial charge in [0.15, 0.2) is 8.32 Å². The van der Waals surface area contributed by atoms with Crippen LogP contribution in [0.15, 0.2) is 24.3 Å². The largest absolute Gasteiger partial charge is 0.485 e. The smallest absolute Gasteiger partial charge is 0.188 e. The zero-order valence-electron chi connectivity index (χ0n) is 16.5. The molecule has 1 aliphatic rings. The van der Waals surface area contributed by atoms with Crippen LogP contribution in [0.2, 0.25) is 18.1 Å². The molecule has 3 nitrogen and oxygen atoms in total. The number of halogens is 1. The molecular formula is C21H31FO3Si. The Hall–Kier alpha value is -1.46. The lowest BCUT2D eigenvalue weighted by molar-refractivity contribution is -0.117. The fourth-order valence-corrected chi connectivity index (χ4v) is 4.06. The molecule has 5 heteroatoms. The molecular weight excluding hydrogens is 347 g/mol. The monoisotopic (exact) mass is 378 g/mol. The van der Waals surface area contributed by atoms with Crippen molar-refractivity contribution in [2.75, 3.05) is 0 Å². The second-order valence-electron chi connectivity index (χ2n) is 8.63. The Labute approximate surface area is 157 Å². The molecule has 0 saturated carbocycles. The number of carbonyl (C=O) groups is 1. The van der Waals surface area contributed by atoms with Crippen molar-refractivity contribution < 1.29 is 18.7 Å². The first kappa shape index (κ1) is 20.8. The van der Waals surface area contributed by atoms with Crippen LogP contribution in [0.25, 0.3) is 6.08 Å². The number of hydrogen-bond donors (Lipinski definition) is 1. The van der Waals surface area contributed by atoms with Gasteiger partial charge >= 0.3 is 0 Å². The number of Topliss-reactive ketones (excluding diaryl/α,β-unsaturated/α-hetero) is 1. The molecule has 1 aromatic carbocycles. The van der Waals surface area contributed by atoms with E-state index in [9.17, 15) is 14.0 Å². The van der Waals surface area contributed by atoms with E-state index in [1.807, 2.05) is 25.2 Å². The number of benzene rings is 1. The maximum Gasteiger partial charge on any atom is 0.188 e. The van der Waals surface area contributed by atoms with Crippen LogP contribution < -0.4 is 4.74 Å². The highest BCUT2D eigenvalue weighted by Crippen LogP contribution is 2.44. The van der Waals surface area contributed by atoms with Gasteiger partial charge in [-0.2, -0.15) is 0 Å². The van der Waals surface area contributed by atoms with Gasteiger partial charge in [-0.25, -0.2) is 4.39 Å². The van der Waals surface area contributed by atoms with Crippen LogP contribution in [0, 0.1) is 11.7 Å². The molecule has 144 valence electrons. The Morgan fingerprint density at radius 1 is 1.38 bits per heavy atom. The van der Waals surface area contributed by atoms with Gasteiger partial charge in [0.2, 0.25) is 0 Å². The quantitative estimate of drug-likeness (QED) is 0.621. The van der Waals surface area contributed by atoms with Crippen LogP contribution in [-0.4, -0.2) is 25.0 Å². The summed E-state index contributed by atoms with van der Waals surface area (Å²) in [6.07, 6.45) is 6.84. The molecule has 1 heterocycles. The van der Waals surface area contributed by atoms with E-state index < -0.39 is 8.32 Å². The normalized spacial score (nSPS) is 18.2. The van der Waals surface area contributed by atoms with Crippen molar-refractivity contribution >= 4 is 20.2 Å². The van der Waals surface area contributed by atoms with Crippen molar-refractivity contribution in [3.05, 3.63) is 35.7 Å². The first-order valence-corrected chi connectivity index (χ1v) is 12.3. The van der Waals surface area contributed by atoms with Gasteiger partial charge in [-0.05, 0) is 74.5 Å². The highest BCUT2D eigenvalue weighted by atomic mass is 28.4. The molecule has 2 rings (SSSR count). The third-order valence-corrected chi connectivity index (χ3v) is 9.21. The summed E-state index contributed by atoms with van der Waals surface area (Å²) >= 11 is 0. The maximum atomic E-state index is 13.4. The lowest BCUT2D eigenvalue weighted by atomic mass is 9.85. The van der Waals surface area contributed by atoms with Crippen LogP contribution in [0.5, 0.6) is 5.75 Å². The second kappa shape index (κ2) is 8.05. The lowest BCUT2D eigenvalue weighted by Gasteiger charge is -2.40. The molecule has 0 spiro atoms. The van der Waals surface area contributed by atoms with Crippen LogP contribution in [0.4, 0.5) is 4.39 Å². The Morgan fingerprint density at radius 2 is 2.08 bits per heavy atom. The molecule has 0 unspecified atom stereocenters. The van der Waals surface area contributed by atoms with Gasteiger partial charge in [0, 0.05) is 12.0 Å². The van der Waals surface area contributed by atoms with Crippen molar-refractivity contribution in [1.82, 2.24) is 0 Å². The van der Waals surface area contributed by atoms with Gasteiger partial charge in [-0.1, -0.05) is 19.9 Å². The van der Waals surface area contributed by atoms with Crippen molar-refractivity contribution in [3.63, 3.8) is 0 Å². The summed E-state index contributed by atoms with van der Waals surface area (Å²) in [6.45, 7) is 9.79. The Balaban J connectivity index is 2.18. The lowest BCUT2D eigenvalue weighted by Crippen LogP contribution is -2.42. The van der Waals surface area contributed by atoms with E-state index in [2.05, 4.69) is 13.8 Å². The molecule has 0 aliphatic carbocycles. The fraction of sp³-hybridized carbons (Fsp3) is 0.571. The van der Waals surface area contributed by atoms with E-state index in [-0.39, 0.29) is 28.7 Å². The standard InChI is InChI=1S/C21H31FO3Si/c1-15(23)7-6-8-17(14-21(2,3)26(4,5)24)20-11-9-16-13-18(22)10-12-19(16)25-20/h9-13,17,20,24H,6-8,14H2,1-5H3/t17-,20+/m0/s1. The number of ketones is 1. The predicted octanol–water partition coefficient (Wildman–Crippen LogP) is 5.34. The average Bonchev–Trinajstić information content (AvgIpc) is 2.52. The van der Waals surface area contributed by atoms with Gasteiger partial charge in [0.05, 0.1) is 0 Å². The molecule has 0 aromatic heterocycles. The number of hydrogen-bond acceptors (Lipinski definition) is 3. The Morgan fingerprint density at radius 3 is 2.69 bits per heavy atom. The van der Waals surface area contributed by atoms with E-state index in [1.165, 1.54) is 12.1 Å². The first-order valence-electron chi connectivity index (χ1n) is 9.36. The average molecular weight is 379 g/mol. The molecule has 0 fully saturated rings. The highest BCUT2D eigenvalue weighted by molar-refractivity contribution is 6.72. The van der Waals surface area contributed by atoms with Gasteiger partial charge in [0.1, 0.15) is 23.5 Å². The molecule has 2 atom stereocenters. The molecule has 1 aromatic rings. The molecule has 0 bridgehead atoms. The zero-order chi connectivity index (χ0) is 19.5. The topological polar surface area (TPSA) is 46.5 Å². The number of fused-ring (bicyclic) bond motifs is 1. The summed E-state index contributed by atoms with van der Waals surface area (Å²) in [5.74, 6) is 0.801. The van der Waals surface area contributed by atoms with Gasteiger partial charge in [-0.15, -0.1) is 0 Å². The van der Waals surface area contributed by atoms with Gasteiger partial charge in [-0.3, -0.25) is 0 Å². The van der Waals surface area contributed by atoms with E-state index >= 15 is 0 Å². The van der Waals surface area contributed by atoms with E-state index in [1.54, 1.807) is 13.0 Å². The number of rotatable bonds is 8. The summed E-state index contributed by atoms with van der Waals surface area (Å²) in [5, 5.41) is -0.172. The van der Waals surface area contributed by atoms with Crippen molar-refractivity contribution in [3.8, 4) is 5.75 Å². The van der Waals surface area contributed by atoms with E-state index in [0.717, 1.165) is 24.8 Å². The number of ether oxygens (including phenoxy) is 1. The van der Waals surface area contributed by atoms with Crippen molar-refractivity contribution in [1.29, 1.82) is 0 Å². The molecule has 0 saturated heterocycles. The number of carbonyl (C=O) groups excluding carboxylic acids is 1. The molecule has 1 aliphatic heterocycles. The summed E-state index contributed by atoms with van der Waals surface area (Å²) < 4.78 is 19.6. The van der Waals surface area contributed by atoms with E-state index in [0.29, 0.717) is 12.2 Å². The summed E-state index contributed by atoms with van der Waals surface area (Å²) in [4.78, 5) is 22.0. The minimum atomic E-state index is -2.35.